The van der Waals surface area contributed by atoms with Gasteiger partial charge in [-0.05, 0) is 54.8 Å². The molecule has 0 aromatic heterocycles. The van der Waals surface area contributed by atoms with Crippen LogP contribution in [0.1, 0.15) is 12.0 Å². The summed E-state index contributed by atoms with van der Waals surface area (Å²) in [7, 11) is -1.19. The van der Waals surface area contributed by atoms with E-state index in [2.05, 4.69) is 12.1 Å². The minimum atomic E-state index is -1.19. The van der Waals surface area contributed by atoms with E-state index in [0.717, 1.165) is 32.4 Å². The third-order valence-electron chi connectivity index (χ3n) is 3.76. The number of rotatable bonds is 7. The molecular weight excluding hydrogens is 368 g/mol. The number of hydrogen-bond acceptors (Lipinski definition) is 2. The van der Waals surface area contributed by atoms with E-state index < -0.39 is 10.8 Å². The van der Waals surface area contributed by atoms with Crippen molar-refractivity contribution in [3.05, 3.63) is 84.4 Å². The molecule has 0 fully saturated rings. The van der Waals surface area contributed by atoms with Gasteiger partial charge in [-0.15, -0.1) is 11.6 Å². The van der Waals surface area contributed by atoms with Crippen LogP contribution in [0, 0.1) is 0 Å². The van der Waals surface area contributed by atoms with Crippen molar-refractivity contribution in [1.29, 1.82) is 0 Å². The molecule has 3 aromatic carbocycles. The first-order valence-corrected chi connectivity index (χ1v) is 10.7. The predicted octanol–water partition coefficient (Wildman–Crippen LogP) is 6.18. The predicted molar refractivity (Wildman–Crippen MR) is 107 cm³/mol. The van der Waals surface area contributed by atoms with Crippen molar-refractivity contribution in [2.45, 2.75) is 32.4 Å². The average Bonchev–Trinajstić information content (AvgIpc) is 2.67. The second-order valence-corrected chi connectivity index (χ2v) is 8.51. The lowest BCUT2D eigenvalue weighted by Gasteiger charge is -2.10. The van der Waals surface area contributed by atoms with Gasteiger partial charge in [-0.3, -0.25) is 0 Å². The van der Waals surface area contributed by atoms with Crippen LogP contribution in [0.5, 0.6) is 0 Å². The smallest absolute Gasteiger partial charge is 0.0861 e. The molecule has 0 aliphatic rings. The fourth-order valence-corrected chi connectivity index (χ4v) is 4.92. The van der Waals surface area contributed by atoms with Gasteiger partial charge in [-0.1, -0.05) is 54.2 Å². The summed E-state index contributed by atoms with van der Waals surface area (Å²) >= 11 is 7.39. The Kier molecular flexibility index (Phi) is 6.74. The molecule has 0 spiro atoms. The Morgan fingerprint density at radius 2 is 1.52 bits per heavy atom. The van der Waals surface area contributed by atoms with Gasteiger partial charge in [0.05, 0.1) is 15.7 Å². The maximum atomic E-state index is 13.1. The van der Waals surface area contributed by atoms with E-state index in [4.69, 9.17) is 11.6 Å². The highest BCUT2D eigenvalue weighted by atomic mass is 35.5. The molecule has 25 heavy (non-hydrogen) atoms. The molecule has 4 heteroatoms. The van der Waals surface area contributed by atoms with Crippen molar-refractivity contribution in [3.63, 3.8) is 0 Å². The van der Waals surface area contributed by atoms with E-state index in [1.807, 2.05) is 66.7 Å². The summed E-state index contributed by atoms with van der Waals surface area (Å²) in [5.41, 5.74) is 1.23. The van der Waals surface area contributed by atoms with Gasteiger partial charge in [0.25, 0.3) is 0 Å². The third kappa shape index (κ3) is 4.97. The monoisotopic (exact) mass is 386 g/mol. The Bertz CT molecular complexity index is 832. The molecule has 0 bridgehead atoms. The molecule has 1 nitrogen and oxygen atoms in total. The molecule has 0 N–H and O–H groups in total. The van der Waals surface area contributed by atoms with E-state index in [9.17, 15) is 4.21 Å². The van der Waals surface area contributed by atoms with Crippen LogP contribution in [0.15, 0.2) is 98.4 Å². The number of aryl methyl sites for hydroxylation is 1. The highest BCUT2D eigenvalue weighted by Gasteiger charge is 2.13. The number of halogens is 1. The Morgan fingerprint density at radius 1 is 0.840 bits per heavy atom. The van der Waals surface area contributed by atoms with E-state index in [1.165, 1.54) is 5.56 Å². The molecule has 3 rings (SSSR count). The zero-order valence-electron chi connectivity index (χ0n) is 13.7. The first-order valence-electron chi connectivity index (χ1n) is 8.16. The maximum absolute atomic E-state index is 13.1. The standard InChI is InChI=1S/C21H19ClOS2/c22-16-6-7-17-12-14-19(15-13-17)25(23)21-11-5-4-10-20(21)24-18-8-2-1-3-9-18/h1-5,8-15H,6-7,16H2. The summed E-state index contributed by atoms with van der Waals surface area (Å²) in [4.78, 5) is 3.85. The molecular formula is C21H19ClOS2. The quantitative estimate of drug-likeness (QED) is 0.451. The summed E-state index contributed by atoms with van der Waals surface area (Å²) in [5.74, 6) is 0.664. The Balaban J connectivity index is 1.82. The van der Waals surface area contributed by atoms with Crippen LogP contribution >= 0.6 is 23.4 Å². The summed E-state index contributed by atoms with van der Waals surface area (Å²) in [6.07, 6.45) is 1.91. The highest BCUT2D eigenvalue weighted by Crippen LogP contribution is 2.33. The van der Waals surface area contributed by atoms with E-state index in [-0.39, 0.29) is 0 Å². The molecule has 0 aliphatic carbocycles. The van der Waals surface area contributed by atoms with Gasteiger partial charge in [0.2, 0.25) is 0 Å². The lowest BCUT2D eigenvalue weighted by Crippen LogP contribution is -1.96. The van der Waals surface area contributed by atoms with E-state index in [0.29, 0.717) is 5.88 Å². The minimum Gasteiger partial charge on any atom is -0.249 e. The molecule has 0 amide bonds. The van der Waals surface area contributed by atoms with Crippen LogP contribution in [-0.2, 0) is 17.2 Å². The van der Waals surface area contributed by atoms with Crippen LogP contribution in [0.4, 0.5) is 0 Å². The second-order valence-electron chi connectivity index (χ2n) is 5.57. The lowest BCUT2D eigenvalue weighted by molar-refractivity contribution is 0.681. The third-order valence-corrected chi connectivity index (χ3v) is 6.69. The number of hydrogen-bond donors (Lipinski definition) is 0. The summed E-state index contributed by atoms with van der Waals surface area (Å²) in [6.45, 7) is 0. The summed E-state index contributed by atoms with van der Waals surface area (Å²) in [5, 5.41) is 0. The molecule has 0 aliphatic heterocycles. The number of benzene rings is 3. The van der Waals surface area contributed by atoms with Crippen molar-refractivity contribution >= 4 is 34.2 Å². The van der Waals surface area contributed by atoms with Gasteiger partial charge in [0, 0.05) is 20.6 Å². The normalized spacial score (nSPS) is 12.0. The lowest BCUT2D eigenvalue weighted by atomic mass is 10.1. The first kappa shape index (κ1) is 18.2. The Labute approximate surface area is 160 Å². The average molecular weight is 387 g/mol. The second kappa shape index (κ2) is 9.23. The van der Waals surface area contributed by atoms with Gasteiger partial charge < -0.3 is 0 Å². The summed E-state index contributed by atoms with van der Waals surface area (Å²) in [6, 6.07) is 26.1. The van der Waals surface area contributed by atoms with Crippen LogP contribution in [0.3, 0.4) is 0 Å². The van der Waals surface area contributed by atoms with Crippen molar-refractivity contribution in [1.82, 2.24) is 0 Å². The van der Waals surface area contributed by atoms with Crippen molar-refractivity contribution in [2.75, 3.05) is 5.88 Å². The zero-order valence-corrected chi connectivity index (χ0v) is 16.1. The van der Waals surface area contributed by atoms with Gasteiger partial charge in [-0.2, -0.15) is 0 Å². The molecule has 1 unspecified atom stereocenters. The fourth-order valence-electron chi connectivity index (χ4n) is 2.48. The molecule has 1 atom stereocenters. The number of alkyl halides is 1. The van der Waals surface area contributed by atoms with Crippen LogP contribution in [0.25, 0.3) is 0 Å². The molecule has 0 saturated carbocycles. The largest absolute Gasteiger partial charge is 0.249 e. The van der Waals surface area contributed by atoms with Crippen molar-refractivity contribution in [3.8, 4) is 0 Å². The van der Waals surface area contributed by atoms with E-state index in [1.54, 1.807) is 11.8 Å². The molecule has 0 radical (unpaired) electrons. The maximum Gasteiger partial charge on any atom is 0.0861 e. The van der Waals surface area contributed by atoms with Crippen LogP contribution in [0.2, 0.25) is 0 Å². The van der Waals surface area contributed by atoms with Crippen LogP contribution < -0.4 is 0 Å². The molecule has 0 saturated heterocycles. The van der Waals surface area contributed by atoms with Gasteiger partial charge in [-0.25, -0.2) is 4.21 Å². The Morgan fingerprint density at radius 3 is 2.24 bits per heavy atom. The first-order chi connectivity index (χ1) is 12.3. The highest BCUT2D eigenvalue weighted by molar-refractivity contribution is 8.00. The van der Waals surface area contributed by atoms with Crippen LogP contribution in [-0.4, -0.2) is 10.1 Å². The fraction of sp³-hybridized carbons (Fsp3) is 0.143. The Hall–Kier alpha value is -1.55. The minimum absolute atomic E-state index is 0.664. The molecule has 128 valence electrons. The van der Waals surface area contributed by atoms with Crippen molar-refractivity contribution < 1.29 is 4.21 Å². The van der Waals surface area contributed by atoms with Crippen molar-refractivity contribution in [2.24, 2.45) is 0 Å². The van der Waals surface area contributed by atoms with E-state index >= 15 is 0 Å². The molecule has 3 aromatic rings. The summed E-state index contributed by atoms with van der Waals surface area (Å²) < 4.78 is 13.1. The van der Waals surface area contributed by atoms with Gasteiger partial charge in [0.1, 0.15) is 0 Å². The van der Waals surface area contributed by atoms with Gasteiger partial charge >= 0.3 is 0 Å². The topological polar surface area (TPSA) is 17.1 Å². The van der Waals surface area contributed by atoms with Gasteiger partial charge in [0.15, 0.2) is 0 Å². The molecule has 0 heterocycles. The zero-order chi connectivity index (χ0) is 17.5. The SMILES string of the molecule is O=S(c1ccc(CCCCl)cc1)c1ccccc1Sc1ccccc1.